The van der Waals surface area contributed by atoms with E-state index in [9.17, 15) is 14.4 Å². The molecule has 1 fully saturated rings. The molecule has 1 saturated heterocycles. The molecule has 1 amide bonds. The van der Waals surface area contributed by atoms with Crippen molar-refractivity contribution in [1.82, 2.24) is 10.2 Å². The third-order valence-electron chi connectivity index (χ3n) is 5.23. The monoisotopic (exact) mass is 479 g/mol. The summed E-state index contributed by atoms with van der Waals surface area (Å²) in [6.45, 7) is 1.13. The van der Waals surface area contributed by atoms with Crippen LogP contribution in [0.5, 0.6) is 17.2 Å². The molecule has 12 heteroatoms. The Labute approximate surface area is 198 Å². The van der Waals surface area contributed by atoms with Crippen molar-refractivity contribution in [1.29, 1.82) is 0 Å². The number of methoxy groups -OCH3 is 2. The molecule has 0 aromatic heterocycles. The Morgan fingerprint density at radius 2 is 1.82 bits per heavy atom. The largest absolute Gasteiger partial charge is 0.496 e. The lowest BCUT2D eigenvalue weighted by Gasteiger charge is -2.18. The highest BCUT2D eigenvalue weighted by Crippen LogP contribution is 2.34. The van der Waals surface area contributed by atoms with E-state index in [1.165, 1.54) is 26.4 Å². The van der Waals surface area contributed by atoms with Crippen LogP contribution in [0.2, 0.25) is 0 Å². The van der Waals surface area contributed by atoms with Crippen molar-refractivity contribution in [3.63, 3.8) is 0 Å². The maximum Gasteiger partial charge on any atom is 0.345 e. The van der Waals surface area contributed by atoms with Gasteiger partial charge in [0.1, 0.15) is 29.4 Å². The van der Waals surface area contributed by atoms with Gasteiger partial charge < -0.3 is 35.7 Å². The summed E-state index contributed by atoms with van der Waals surface area (Å²) in [4.78, 5) is 42.9. The van der Waals surface area contributed by atoms with Gasteiger partial charge in [0.25, 0.3) is 0 Å². The van der Waals surface area contributed by atoms with Crippen LogP contribution in [0, 0.1) is 0 Å². The second-order valence-electron chi connectivity index (χ2n) is 7.68. The average molecular weight is 480 g/mol. The first kappa shape index (κ1) is 26.7. The van der Waals surface area contributed by atoms with Gasteiger partial charge in [-0.3, -0.25) is 14.7 Å². The highest BCUT2D eigenvalue weighted by atomic mass is 16.5. The van der Waals surface area contributed by atoms with Crippen molar-refractivity contribution in [2.45, 2.75) is 31.7 Å². The van der Waals surface area contributed by atoms with Crippen LogP contribution in [-0.2, 0) is 14.3 Å². The van der Waals surface area contributed by atoms with Gasteiger partial charge in [-0.1, -0.05) is 0 Å². The Balaban J connectivity index is 1.96. The fourth-order valence-corrected chi connectivity index (χ4v) is 3.49. The topological polar surface area (TPSA) is 168 Å². The number of hydrogen-bond acceptors (Lipinski definition) is 9. The van der Waals surface area contributed by atoms with E-state index >= 15 is 0 Å². The first-order valence-corrected chi connectivity index (χ1v) is 10.9. The highest BCUT2D eigenvalue weighted by Gasteiger charge is 2.28. The molecule has 1 aliphatic heterocycles. The molecule has 1 atom stereocenters. The normalized spacial score (nSPS) is 15.3. The van der Waals surface area contributed by atoms with E-state index in [4.69, 9.17) is 30.4 Å². The standard InChI is InChI=1S/C22H33N5O7/c1-27-9-6-7-15(27)20(29)26-13-18(28)34-14-11-16(31-2)19(17(12-14)32-3)21(30)33-10-5-4-8-25-22(23)24/h11-12,15H,4-10,13H2,1-3H3,(H,26,29)(H4,23,24,25)/t15-/m0/s1. The molecule has 0 unspecified atom stereocenters. The molecule has 5 N–H and O–H groups in total. The van der Waals surface area contributed by atoms with Crippen LogP contribution in [0.3, 0.4) is 0 Å². The van der Waals surface area contributed by atoms with Crippen LogP contribution in [0.15, 0.2) is 17.1 Å². The predicted molar refractivity (Wildman–Crippen MR) is 124 cm³/mol. The van der Waals surface area contributed by atoms with Crippen LogP contribution < -0.4 is 31.0 Å². The summed E-state index contributed by atoms with van der Waals surface area (Å²) in [6.07, 6.45) is 2.89. The maximum absolute atomic E-state index is 12.6. The van der Waals surface area contributed by atoms with Crippen molar-refractivity contribution < 1.29 is 33.3 Å². The molecule has 1 heterocycles. The van der Waals surface area contributed by atoms with E-state index in [2.05, 4.69) is 10.3 Å². The molecule has 2 rings (SSSR count). The second kappa shape index (κ2) is 13.2. The number of likely N-dealkylation sites (tertiary alicyclic amines) is 1. The molecule has 1 aromatic carbocycles. The Bertz CT molecular complexity index is 877. The molecule has 34 heavy (non-hydrogen) atoms. The molecule has 0 radical (unpaired) electrons. The molecule has 12 nitrogen and oxygen atoms in total. The summed E-state index contributed by atoms with van der Waals surface area (Å²) >= 11 is 0. The lowest BCUT2D eigenvalue weighted by atomic mass is 10.1. The van der Waals surface area contributed by atoms with Gasteiger partial charge in [-0.2, -0.15) is 0 Å². The fraction of sp³-hybridized carbons (Fsp3) is 0.545. The van der Waals surface area contributed by atoms with Gasteiger partial charge in [0, 0.05) is 18.7 Å². The number of esters is 2. The Kier molecular flexibility index (Phi) is 10.4. The number of guanidine groups is 1. The molecule has 188 valence electrons. The highest BCUT2D eigenvalue weighted by molar-refractivity contribution is 5.96. The summed E-state index contributed by atoms with van der Waals surface area (Å²) in [5, 5.41) is 2.59. The summed E-state index contributed by atoms with van der Waals surface area (Å²) < 4.78 is 21.2. The molecule has 1 aliphatic rings. The van der Waals surface area contributed by atoms with E-state index < -0.39 is 11.9 Å². The van der Waals surface area contributed by atoms with Crippen LogP contribution in [0.25, 0.3) is 0 Å². The zero-order chi connectivity index (χ0) is 25.1. The lowest BCUT2D eigenvalue weighted by Crippen LogP contribution is -2.43. The number of benzene rings is 1. The molecular weight excluding hydrogens is 446 g/mol. The van der Waals surface area contributed by atoms with Gasteiger partial charge in [-0.05, 0) is 39.3 Å². The summed E-state index contributed by atoms with van der Waals surface area (Å²) in [7, 11) is 4.60. The molecule has 0 bridgehead atoms. The van der Waals surface area contributed by atoms with Crippen molar-refractivity contribution >= 4 is 23.8 Å². The minimum Gasteiger partial charge on any atom is -0.496 e. The fourth-order valence-electron chi connectivity index (χ4n) is 3.49. The van der Waals surface area contributed by atoms with Crippen molar-refractivity contribution in [2.75, 3.05) is 47.5 Å². The van der Waals surface area contributed by atoms with E-state index in [0.717, 1.165) is 19.4 Å². The van der Waals surface area contributed by atoms with E-state index in [0.29, 0.717) is 19.4 Å². The molecule has 0 spiro atoms. The van der Waals surface area contributed by atoms with Gasteiger partial charge in [0.05, 0.1) is 26.9 Å². The van der Waals surface area contributed by atoms with E-state index in [1.54, 1.807) is 0 Å². The lowest BCUT2D eigenvalue weighted by molar-refractivity contribution is -0.136. The zero-order valence-corrected chi connectivity index (χ0v) is 19.8. The third kappa shape index (κ3) is 7.80. The summed E-state index contributed by atoms with van der Waals surface area (Å²) in [6, 6.07) is 2.51. The third-order valence-corrected chi connectivity index (χ3v) is 5.23. The number of amides is 1. The predicted octanol–water partition coefficient (Wildman–Crippen LogP) is 0.0300. The number of nitrogens with two attached hydrogens (primary N) is 2. The number of nitrogens with zero attached hydrogens (tertiary/aromatic N) is 2. The number of unbranched alkanes of at least 4 members (excludes halogenated alkanes) is 1. The van der Waals surface area contributed by atoms with Crippen molar-refractivity contribution in [3.05, 3.63) is 17.7 Å². The number of aliphatic imine (C=N–C) groups is 1. The molecule has 1 aromatic rings. The quantitative estimate of drug-likeness (QED) is 0.122. The second-order valence-corrected chi connectivity index (χ2v) is 7.68. The number of likely N-dealkylation sites (N-methyl/N-ethyl adjacent to an activating group) is 1. The van der Waals surface area contributed by atoms with Gasteiger partial charge in [-0.25, -0.2) is 9.59 Å². The van der Waals surface area contributed by atoms with Crippen LogP contribution in [0.4, 0.5) is 0 Å². The van der Waals surface area contributed by atoms with Gasteiger partial charge in [0.15, 0.2) is 5.96 Å². The average Bonchev–Trinajstić information content (AvgIpc) is 3.24. The number of hydrogen-bond donors (Lipinski definition) is 3. The SMILES string of the molecule is COc1cc(OC(=O)CNC(=O)[C@@H]2CCCN2C)cc(OC)c1C(=O)OCCCCN=C(N)N. The van der Waals surface area contributed by atoms with Crippen LogP contribution >= 0.6 is 0 Å². The Morgan fingerprint density at radius 3 is 2.38 bits per heavy atom. The molecule has 0 saturated carbocycles. The van der Waals surface area contributed by atoms with E-state index in [1.807, 2.05) is 11.9 Å². The first-order valence-electron chi connectivity index (χ1n) is 10.9. The number of carbonyl (C=O) groups is 3. The van der Waals surface area contributed by atoms with Crippen LogP contribution in [0.1, 0.15) is 36.0 Å². The van der Waals surface area contributed by atoms with Crippen molar-refractivity contribution in [2.24, 2.45) is 16.5 Å². The summed E-state index contributed by atoms with van der Waals surface area (Å²) in [5.41, 5.74) is 10.6. The smallest absolute Gasteiger partial charge is 0.345 e. The van der Waals surface area contributed by atoms with Gasteiger partial charge >= 0.3 is 11.9 Å². The van der Waals surface area contributed by atoms with E-state index in [-0.39, 0.29) is 53.9 Å². The zero-order valence-electron chi connectivity index (χ0n) is 19.8. The maximum atomic E-state index is 12.6. The van der Waals surface area contributed by atoms with Gasteiger partial charge in [0.2, 0.25) is 5.91 Å². The Hall–Kier alpha value is -3.54. The minimum atomic E-state index is -0.672. The van der Waals surface area contributed by atoms with Gasteiger partial charge in [-0.15, -0.1) is 0 Å². The molecular formula is C22H33N5O7. The first-order chi connectivity index (χ1) is 16.3. The summed E-state index contributed by atoms with van der Waals surface area (Å²) in [5.74, 6) is -1.21. The number of rotatable bonds is 12. The Morgan fingerprint density at radius 1 is 1.15 bits per heavy atom. The number of ether oxygens (including phenoxy) is 4. The van der Waals surface area contributed by atoms with Crippen LogP contribution in [-0.4, -0.2) is 82.3 Å². The number of carbonyl (C=O) groups excluding carboxylic acids is 3. The number of nitrogens with one attached hydrogen (secondary N) is 1. The minimum absolute atomic E-state index is 0.0102. The molecule has 0 aliphatic carbocycles. The van der Waals surface area contributed by atoms with Crippen molar-refractivity contribution in [3.8, 4) is 17.2 Å².